The van der Waals surface area contributed by atoms with Crippen LogP contribution in [0.15, 0.2) is 36.0 Å². The van der Waals surface area contributed by atoms with E-state index >= 15 is 0 Å². The van der Waals surface area contributed by atoms with Gasteiger partial charge in [0.25, 0.3) is 0 Å². The fraction of sp³-hybridized carbons (Fsp3) is 0.758. The highest BCUT2D eigenvalue weighted by Crippen LogP contribution is 2.48. The van der Waals surface area contributed by atoms with Gasteiger partial charge in [0.05, 0.1) is 50.6 Å². The Balaban J connectivity index is 1.68. The van der Waals surface area contributed by atoms with Gasteiger partial charge in [-0.25, -0.2) is 0 Å². The average molecular weight is 622 g/mol. The Morgan fingerprint density at radius 2 is 1.86 bits per heavy atom. The third-order valence-electron chi connectivity index (χ3n) is 9.40. The van der Waals surface area contributed by atoms with Crippen LogP contribution in [0.1, 0.15) is 74.1 Å². The molecule has 3 heterocycles. The molecular formula is C33H55NO8Si. The van der Waals surface area contributed by atoms with Crippen LogP contribution in [0.3, 0.4) is 0 Å². The third kappa shape index (κ3) is 9.83. The first kappa shape index (κ1) is 35.7. The maximum absolute atomic E-state index is 12.2. The number of aliphatic hydroxyl groups is 1. The lowest BCUT2D eigenvalue weighted by atomic mass is 9.87. The number of hydrogen-bond acceptors (Lipinski definition) is 8. The summed E-state index contributed by atoms with van der Waals surface area (Å²) in [7, 11) is -0.739. The summed E-state index contributed by atoms with van der Waals surface area (Å²) in [4.78, 5) is 24.3. The highest BCUT2D eigenvalue weighted by atomic mass is 28.4. The normalized spacial score (nSPS) is 34.5. The number of nitrogens with one attached hydrogen (secondary N) is 1. The molecule has 3 rings (SSSR count). The Kier molecular flexibility index (Phi) is 12.0. The zero-order valence-corrected chi connectivity index (χ0v) is 28.8. The van der Waals surface area contributed by atoms with Gasteiger partial charge in [-0.3, -0.25) is 9.59 Å². The van der Waals surface area contributed by atoms with E-state index in [0.29, 0.717) is 13.0 Å². The number of epoxide rings is 1. The maximum Gasteiger partial charge on any atom is 0.308 e. The predicted molar refractivity (Wildman–Crippen MR) is 169 cm³/mol. The van der Waals surface area contributed by atoms with Crippen LogP contribution in [0, 0.1) is 5.92 Å². The zero-order chi connectivity index (χ0) is 32.2. The van der Waals surface area contributed by atoms with E-state index in [1.807, 2.05) is 6.92 Å². The lowest BCUT2D eigenvalue weighted by Gasteiger charge is -2.46. The van der Waals surface area contributed by atoms with Crippen molar-refractivity contribution in [2.45, 2.75) is 141 Å². The van der Waals surface area contributed by atoms with Crippen LogP contribution < -0.4 is 5.32 Å². The van der Waals surface area contributed by atoms with Crippen LogP contribution in [0.25, 0.3) is 0 Å². The number of amides is 1. The number of rotatable bonds is 11. The summed E-state index contributed by atoms with van der Waals surface area (Å²) in [5, 5.41) is 12.4. The van der Waals surface area contributed by atoms with E-state index in [-0.39, 0.29) is 65.8 Å². The molecule has 1 spiro atoms. The summed E-state index contributed by atoms with van der Waals surface area (Å²) < 4.78 is 30.7. The van der Waals surface area contributed by atoms with E-state index in [4.69, 9.17) is 23.4 Å². The van der Waals surface area contributed by atoms with Crippen molar-refractivity contribution in [3.63, 3.8) is 0 Å². The molecule has 2 N–H and O–H groups in total. The highest BCUT2D eigenvalue weighted by Gasteiger charge is 2.61. The summed E-state index contributed by atoms with van der Waals surface area (Å²) in [5.74, 6) is -0.261. The minimum absolute atomic E-state index is 0.0281. The Bertz CT molecular complexity index is 1060. The molecule has 0 radical (unpaired) electrons. The van der Waals surface area contributed by atoms with Gasteiger partial charge in [-0.15, -0.1) is 0 Å². The maximum atomic E-state index is 12.2. The standard InChI is InChI=1S/C33H55NO8Si/c1-21(11-14-27-22(2)17-26(24(4)40-27)34-29(36)16-13-23(3)35)12-15-28-31(42-43(9,10)32(5,6)7)33(20-39-33)19-25(41-28)18-30(37)38-8/h11-13,15-16,22-28,31,35H,14,17-20H2,1-10H3,(H,34,36)/b15-12+,16-13-,21-11+/t22-,23-,24+,25+,26+,27-,28+,31+,33+/m0/s1. The van der Waals surface area contributed by atoms with E-state index < -0.39 is 20.0 Å². The average Bonchev–Trinajstić information content (AvgIpc) is 3.67. The quantitative estimate of drug-likeness (QED) is 0.109. The Morgan fingerprint density at radius 1 is 1.19 bits per heavy atom. The molecule has 0 aliphatic carbocycles. The van der Waals surface area contributed by atoms with Crippen LogP contribution in [-0.4, -0.2) is 87.3 Å². The monoisotopic (exact) mass is 621 g/mol. The van der Waals surface area contributed by atoms with Crippen LogP contribution in [0.4, 0.5) is 0 Å². The minimum Gasteiger partial charge on any atom is -0.469 e. The van der Waals surface area contributed by atoms with Crippen molar-refractivity contribution in [3.8, 4) is 0 Å². The molecule has 0 aromatic rings. The second kappa shape index (κ2) is 14.5. The second-order valence-electron chi connectivity index (χ2n) is 14.2. The summed E-state index contributed by atoms with van der Waals surface area (Å²) >= 11 is 0. The van der Waals surface area contributed by atoms with Gasteiger partial charge in [-0.05, 0) is 57.7 Å². The number of esters is 1. The Labute approximate surface area is 259 Å². The summed E-state index contributed by atoms with van der Waals surface area (Å²) in [5.41, 5.74) is 0.635. The fourth-order valence-corrected chi connectivity index (χ4v) is 6.85. The number of carbonyl (C=O) groups is 2. The van der Waals surface area contributed by atoms with Gasteiger partial charge in [0.2, 0.25) is 5.91 Å². The van der Waals surface area contributed by atoms with E-state index in [1.165, 1.54) is 19.3 Å². The summed E-state index contributed by atoms with van der Waals surface area (Å²) in [6, 6.07) is -0.0847. The number of allylic oxidation sites excluding steroid dienone is 2. The fourth-order valence-electron chi connectivity index (χ4n) is 5.51. The SMILES string of the molecule is COC(=O)C[C@@H]1C[C@@]2(CO2)[C@H](O[Si](C)(C)C(C)(C)C)[C@@H](/C=C/C(C)=C/C[C@@H]2O[C@H](C)[C@H](NC(=O)/C=C\[C@H](C)O)C[C@@H]2C)O1. The van der Waals surface area contributed by atoms with Crippen LogP contribution in [-0.2, 0) is 33.0 Å². The first-order valence-electron chi connectivity index (χ1n) is 15.7. The van der Waals surface area contributed by atoms with Gasteiger partial charge in [0.1, 0.15) is 17.8 Å². The Morgan fingerprint density at radius 3 is 2.44 bits per heavy atom. The van der Waals surface area contributed by atoms with Gasteiger partial charge < -0.3 is 33.8 Å². The van der Waals surface area contributed by atoms with Crippen molar-refractivity contribution in [1.82, 2.24) is 5.32 Å². The topological polar surface area (TPSA) is 116 Å². The van der Waals surface area contributed by atoms with Gasteiger partial charge in [0.15, 0.2) is 8.32 Å². The first-order valence-corrected chi connectivity index (χ1v) is 18.6. The number of hydrogen-bond donors (Lipinski definition) is 2. The van der Waals surface area contributed by atoms with Gasteiger partial charge in [0, 0.05) is 12.5 Å². The molecule has 3 fully saturated rings. The van der Waals surface area contributed by atoms with Crippen molar-refractivity contribution >= 4 is 20.2 Å². The molecule has 0 aromatic carbocycles. The molecule has 43 heavy (non-hydrogen) atoms. The van der Waals surface area contributed by atoms with E-state index in [9.17, 15) is 14.7 Å². The minimum atomic E-state index is -2.14. The molecule has 0 aromatic heterocycles. The van der Waals surface area contributed by atoms with Crippen molar-refractivity contribution in [2.75, 3.05) is 13.7 Å². The van der Waals surface area contributed by atoms with E-state index in [0.717, 1.165) is 18.4 Å². The number of methoxy groups -OCH3 is 1. The van der Waals surface area contributed by atoms with Crippen molar-refractivity contribution in [1.29, 1.82) is 0 Å². The van der Waals surface area contributed by atoms with E-state index in [1.54, 1.807) is 6.92 Å². The zero-order valence-electron chi connectivity index (χ0n) is 27.8. The van der Waals surface area contributed by atoms with Gasteiger partial charge >= 0.3 is 5.97 Å². The molecule has 0 unspecified atom stereocenters. The molecule has 3 aliphatic heterocycles. The summed E-state index contributed by atoms with van der Waals surface area (Å²) in [6.45, 7) is 19.6. The first-order chi connectivity index (χ1) is 20.0. The molecule has 0 bridgehead atoms. The van der Waals surface area contributed by atoms with Gasteiger partial charge in [-0.2, -0.15) is 0 Å². The van der Waals surface area contributed by atoms with Crippen molar-refractivity contribution < 1.29 is 38.1 Å². The van der Waals surface area contributed by atoms with Crippen LogP contribution in [0.2, 0.25) is 18.1 Å². The molecule has 3 saturated heterocycles. The number of aliphatic hydroxyl groups excluding tert-OH is 1. The van der Waals surface area contributed by atoms with Crippen molar-refractivity contribution in [2.24, 2.45) is 5.92 Å². The molecule has 3 aliphatic rings. The van der Waals surface area contributed by atoms with Crippen LogP contribution >= 0.6 is 0 Å². The molecule has 10 heteroatoms. The number of ether oxygens (including phenoxy) is 4. The predicted octanol–water partition coefficient (Wildman–Crippen LogP) is 4.99. The molecule has 244 valence electrons. The second-order valence-corrected chi connectivity index (χ2v) is 19.0. The highest BCUT2D eigenvalue weighted by molar-refractivity contribution is 6.74. The van der Waals surface area contributed by atoms with Crippen LogP contribution in [0.5, 0.6) is 0 Å². The molecule has 9 atom stereocenters. The smallest absolute Gasteiger partial charge is 0.308 e. The summed E-state index contributed by atoms with van der Waals surface area (Å²) in [6.07, 6.45) is 9.81. The van der Waals surface area contributed by atoms with E-state index in [2.05, 4.69) is 71.3 Å². The van der Waals surface area contributed by atoms with Crippen molar-refractivity contribution in [3.05, 3.63) is 36.0 Å². The lowest BCUT2D eigenvalue weighted by Crippen LogP contribution is -2.57. The largest absolute Gasteiger partial charge is 0.469 e. The Hall–Kier alpha value is -1.82. The molecule has 1 amide bonds. The number of carbonyl (C=O) groups excluding carboxylic acids is 2. The third-order valence-corrected chi connectivity index (χ3v) is 13.9. The van der Waals surface area contributed by atoms with Gasteiger partial charge in [-0.1, -0.05) is 57.6 Å². The molecule has 9 nitrogen and oxygen atoms in total. The molecule has 0 saturated carbocycles. The molecular weight excluding hydrogens is 566 g/mol. The lowest BCUT2D eigenvalue weighted by molar-refractivity contribution is -0.155.